The van der Waals surface area contributed by atoms with Gasteiger partial charge in [0.25, 0.3) is 0 Å². The van der Waals surface area contributed by atoms with E-state index in [0.29, 0.717) is 0 Å². The smallest absolute Gasteiger partial charge is 0.0771 e. The highest BCUT2D eigenvalue weighted by Crippen LogP contribution is 2.26. The SMILES string of the molecule is CC#CCCNCC1(O)CCCCCC1. The van der Waals surface area contributed by atoms with Gasteiger partial charge in [-0.2, -0.15) is 0 Å². The second kappa shape index (κ2) is 6.87. The largest absolute Gasteiger partial charge is 0.389 e. The van der Waals surface area contributed by atoms with Gasteiger partial charge >= 0.3 is 0 Å². The van der Waals surface area contributed by atoms with Crippen molar-refractivity contribution in [3.63, 3.8) is 0 Å². The van der Waals surface area contributed by atoms with Crippen LogP contribution in [-0.2, 0) is 0 Å². The predicted octanol–water partition coefficient (Wildman–Crippen LogP) is 2.07. The molecular weight excluding hydrogens is 186 g/mol. The van der Waals surface area contributed by atoms with Crippen LogP contribution in [0.5, 0.6) is 0 Å². The number of hydrogen-bond donors (Lipinski definition) is 2. The van der Waals surface area contributed by atoms with Gasteiger partial charge in [0, 0.05) is 19.5 Å². The standard InChI is InChI=1S/C13H23NO/c1-2-3-8-11-14-12-13(15)9-6-4-5-7-10-13/h14-15H,4-12H2,1H3. The summed E-state index contributed by atoms with van der Waals surface area (Å²) in [5.74, 6) is 5.89. The first-order valence-electron chi connectivity index (χ1n) is 6.09. The molecule has 0 unspecified atom stereocenters. The summed E-state index contributed by atoms with van der Waals surface area (Å²) in [5, 5.41) is 13.6. The number of aliphatic hydroxyl groups is 1. The van der Waals surface area contributed by atoms with Gasteiger partial charge in [0.05, 0.1) is 5.60 Å². The van der Waals surface area contributed by atoms with Crippen LogP contribution < -0.4 is 5.32 Å². The van der Waals surface area contributed by atoms with E-state index in [4.69, 9.17) is 0 Å². The summed E-state index contributed by atoms with van der Waals surface area (Å²) >= 11 is 0. The van der Waals surface area contributed by atoms with Gasteiger partial charge in [0.15, 0.2) is 0 Å². The van der Waals surface area contributed by atoms with E-state index >= 15 is 0 Å². The van der Waals surface area contributed by atoms with Crippen molar-refractivity contribution in [2.45, 2.75) is 57.5 Å². The van der Waals surface area contributed by atoms with Crippen LogP contribution in [-0.4, -0.2) is 23.8 Å². The Hall–Kier alpha value is -0.520. The Labute approximate surface area is 93.5 Å². The van der Waals surface area contributed by atoms with Gasteiger partial charge in [-0.25, -0.2) is 0 Å². The molecule has 2 nitrogen and oxygen atoms in total. The Balaban J connectivity index is 2.18. The summed E-state index contributed by atoms with van der Waals surface area (Å²) in [6, 6.07) is 0. The van der Waals surface area contributed by atoms with Crippen molar-refractivity contribution in [2.24, 2.45) is 0 Å². The van der Waals surface area contributed by atoms with E-state index in [2.05, 4.69) is 17.2 Å². The zero-order valence-electron chi connectivity index (χ0n) is 9.81. The van der Waals surface area contributed by atoms with Crippen LogP contribution in [0.15, 0.2) is 0 Å². The van der Waals surface area contributed by atoms with E-state index in [1.165, 1.54) is 25.7 Å². The third-order valence-corrected chi connectivity index (χ3v) is 3.09. The molecule has 0 aromatic carbocycles. The van der Waals surface area contributed by atoms with Crippen molar-refractivity contribution in [2.75, 3.05) is 13.1 Å². The maximum Gasteiger partial charge on any atom is 0.0771 e. The molecule has 15 heavy (non-hydrogen) atoms. The van der Waals surface area contributed by atoms with Crippen LogP contribution in [0.3, 0.4) is 0 Å². The van der Waals surface area contributed by atoms with Crippen molar-refractivity contribution in [1.29, 1.82) is 0 Å². The molecule has 0 aromatic heterocycles. The fraction of sp³-hybridized carbons (Fsp3) is 0.846. The summed E-state index contributed by atoms with van der Waals surface area (Å²) < 4.78 is 0. The molecule has 1 aliphatic carbocycles. The lowest BCUT2D eigenvalue weighted by Crippen LogP contribution is -2.40. The lowest BCUT2D eigenvalue weighted by Gasteiger charge is -2.26. The molecule has 1 saturated carbocycles. The number of nitrogens with one attached hydrogen (secondary N) is 1. The zero-order valence-corrected chi connectivity index (χ0v) is 9.81. The van der Waals surface area contributed by atoms with Crippen LogP contribution in [0.1, 0.15) is 51.9 Å². The molecule has 1 rings (SSSR count). The van der Waals surface area contributed by atoms with E-state index in [0.717, 1.165) is 32.4 Å². The third-order valence-electron chi connectivity index (χ3n) is 3.09. The van der Waals surface area contributed by atoms with Crippen LogP contribution in [0.25, 0.3) is 0 Å². The van der Waals surface area contributed by atoms with Crippen LogP contribution in [0.2, 0.25) is 0 Å². The van der Waals surface area contributed by atoms with Crippen molar-refractivity contribution >= 4 is 0 Å². The van der Waals surface area contributed by atoms with E-state index in [1.807, 2.05) is 6.92 Å². The first-order valence-corrected chi connectivity index (χ1v) is 6.09. The maximum absolute atomic E-state index is 10.3. The Kier molecular flexibility index (Phi) is 5.75. The minimum atomic E-state index is -0.448. The average molecular weight is 209 g/mol. The summed E-state index contributed by atoms with van der Waals surface area (Å²) in [6.07, 6.45) is 7.71. The molecule has 0 aliphatic heterocycles. The molecule has 0 spiro atoms. The number of rotatable bonds is 4. The Morgan fingerprint density at radius 1 is 1.20 bits per heavy atom. The van der Waals surface area contributed by atoms with Crippen LogP contribution in [0.4, 0.5) is 0 Å². The van der Waals surface area contributed by atoms with Gasteiger partial charge < -0.3 is 10.4 Å². The molecular formula is C13H23NO. The normalized spacial score (nSPS) is 20.1. The topological polar surface area (TPSA) is 32.3 Å². The van der Waals surface area contributed by atoms with Crippen molar-refractivity contribution in [3.05, 3.63) is 0 Å². The Bertz CT molecular complexity index is 218. The van der Waals surface area contributed by atoms with Gasteiger partial charge in [-0.05, 0) is 19.8 Å². The van der Waals surface area contributed by atoms with Gasteiger partial charge in [-0.15, -0.1) is 11.8 Å². The minimum Gasteiger partial charge on any atom is -0.389 e. The monoisotopic (exact) mass is 209 g/mol. The molecule has 86 valence electrons. The average Bonchev–Trinajstić information content (AvgIpc) is 2.43. The summed E-state index contributed by atoms with van der Waals surface area (Å²) in [6.45, 7) is 3.49. The zero-order chi connectivity index (χ0) is 11.0. The van der Waals surface area contributed by atoms with Crippen molar-refractivity contribution in [1.82, 2.24) is 5.32 Å². The van der Waals surface area contributed by atoms with Crippen molar-refractivity contribution in [3.8, 4) is 11.8 Å². The van der Waals surface area contributed by atoms with Crippen molar-refractivity contribution < 1.29 is 5.11 Å². The minimum absolute atomic E-state index is 0.448. The Morgan fingerprint density at radius 2 is 1.87 bits per heavy atom. The molecule has 0 radical (unpaired) electrons. The van der Waals surface area contributed by atoms with Crippen LogP contribution in [0, 0.1) is 11.8 Å². The third kappa shape index (κ3) is 5.20. The lowest BCUT2D eigenvalue weighted by atomic mass is 9.94. The molecule has 0 saturated heterocycles. The lowest BCUT2D eigenvalue weighted by molar-refractivity contribution is 0.0256. The van der Waals surface area contributed by atoms with E-state index in [9.17, 15) is 5.11 Å². The van der Waals surface area contributed by atoms with Gasteiger partial charge in [0.1, 0.15) is 0 Å². The second-order valence-electron chi connectivity index (χ2n) is 4.49. The van der Waals surface area contributed by atoms with E-state index < -0.39 is 5.60 Å². The molecule has 0 aromatic rings. The molecule has 2 heteroatoms. The van der Waals surface area contributed by atoms with Gasteiger partial charge in [-0.1, -0.05) is 25.7 Å². The highest BCUT2D eigenvalue weighted by Gasteiger charge is 2.26. The Morgan fingerprint density at radius 3 is 2.47 bits per heavy atom. The summed E-state index contributed by atoms with van der Waals surface area (Å²) in [7, 11) is 0. The second-order valence-corrected chi connectivity index (χ2v) is 4.49. The quantitative estimate of drug-likeness (QED) is 0.422. The first-order chi connectivity index (χ1) is 7.27. The molecule has 0 amide bonds. The highest BCUT2D eigenvalue weighted by molar-refractivity contribution is 4.95. The molecule has 2 N–H and O–H groups in total. The fourth-order valence-corrected chi connectivity index (χ4v) is 2.16. The molecule has 1 fully saturated rings. The molecule has 0 bridgehead atoms. The van der Waals surface area contributed by atoms with Gasteiger partial charge in [-0.3, -0.25) is 0 Å². The summed E-state index contributed by atoms with van der Waals surface area (Å²) in [4.78, 5) is 0. The molecule has 0 atom stereocenters. The van der Waals surface area contributed by atoms with Gasteiger partial charge in [0.2, 0.25) is 0 Å². The first kappa shape index (κ1) is 12.5. The predicted molar refractivity (Wildman–Crippen MR) is 63.6 cm³/mol. The number of hydrogen-bond acceptors (Lipinski definition) is 2. The fourth-order valence-electron chi connectivity index (χ4n) is 2.16. The summed E-state index contributed by atoms with van der Waals surface area (Å²) in [5.41, 5.74) is -0.448. The maximum atomic E-state index is 10.3. The van der Waals surface area contributed by atoms with Crippen LogP contribution >= 0.6 is 0 Å². The highest BCUT2D eigenvalue weighted by atomic mass is 16.3. The molecule has 1 aliphatic rings. The molecule has 0 heterocycles. The van der Waals surface area contributed by atoms with E-state index in [-0.39, 0.29) is 0 Å². The van der Waals surface area contributed by atoms with E-state index in [1.54, 1.807) is 0 Å².